The monoisotopic (exact) mass is 387 g/mol. The molecule has 1 heterocycles. The molecule has 1 aromatic heterocycles. The summed E-state index contributed by atoms with van der Waals surface area (Å²) < 4.78 is 6.94. The van der Waals surface area contributed by atoms with Crippen LogP contribution in [0.1, 0.15) is 27.2 Å². The summed E-state index contributed by atoms with van der Waals surface area (Å²) in [5.74, 6) is -0.369. The smallest absolute Gasteiger partial charge is 0.339 e. The van der Waals surface area contributed by atoms with Crippen molar-refractivity contribution in [1.82, 2.24) is 4.57 Å². The van der Waals surface area contributed by atoms with Crippen molar-refractivity contribution >= 4 is 29.2 Å². The van der Waals surface area contributed by atoms with E-state index in [1.165, 1.54) is 18.2 Å². The van der Waals surface area contributed by atoms with Gasteiger partial charge in [-0.25, -0.2) is 4.79 Å². The number of esters is 1. The van der Waals surface area contributed by atoms with Crippen molar-refractivity contribution in [3.8, 4) is 16.9 Å². The van der Waals surface area contributed by atoms with Crippen LogP contribution in [0.5, 0.6) is 0 Å². The quantitative estimate of drug-likeness (QED) is 0.503. The second-order valence-electron chi connectivity index (χ2n) is 6.25. The van der Waals surface area contributed by atoms with Crippen LogP contribution in [0.3, 0.4) is 0 Å². The highest BCUT2D eigenvalue weighted by molar-refractivity contribution is 6.42. The first-order valence-corrected chi connectivity index (χ1v) is 8.92. The molecule has 3 rings (SSSR count). The first kappa shape index (κ1) is 18.6. The number of aryl methyl sites for hydroxylation is 2. The molecular formula is C21H19Cl2NO2. The summed E-state index contributed by atoms with van der Waals surface area (Å²) in [5.41, 5.74) is 6.44. The fourth-order valence-corrected chi connectivity index (χ4v) is 3.29. The minimum atomic E-state index is -0.369. The third-order valence-electron chi connectivity index (χ3n) is 4.62. The van der Waals surface area contributed by atoms with Crippen LogP contribution in [0, 0.1) is 20.8 Å². The molecule has 26 heavy (non-hydrogen) atoms. The van der Waals surface area contributed by atoms with Gasteiger partial charge in [-0.3, -0.25) is 0 Å². The van der Waals surface area contributed by atoms with Gasteiger partial charge in [0.05, 0.1) is 28.4 Å². The fraction of sp³-hybridized carbons (Fsp3) is 0.190. The molecule has 0 saturated carbocycles. The van der Waals surface area contributed by atoms with Crippen LogP contribution in [-0.4, -0.2) is 17.6 Å². The van der Waals surface area contributed by atoms with Crippen molar-refractivity contribution in [3.05, 3.63) is 74.9 Å². The van der Waals surface area contributed by atoms with E-state index in [1.54, 1.807) is 12.1 Å². The highest BCUT2D eigenvalue weighted by atomic mass is 35.5. The van der Waals surface area contributed by atoms with E-state index in [1.807, 2.05) is 29.7 Å². The third-order valence-corrected chi connectivity index (χ3v) is 5.36. The second-order valence-corrected chi connectivity index (χ2v) is 7.07. The zero-order chi connectivity index (χ0) is 19.0. The summed E-state index contributed by atoms with van der Waals surface area (Å²) in [6, 6.07) is 13.5. The van der Waals surface area contributed by atoms with Gasteiger partial charge in [-0.05, 0) is 67.8 Å². The van der Waals surface area contributed by atoms with Gasteiger partial charge in [0.1, 0.15) is 0 Å². The molecule has 0 aliphatic rings. The molecule has 0 atom stereocenters. The molecule has 3 aromatic rings. The van der Waals surface area contributed by atoms with Gasteiger partial charge in [0.2, 0.25) is 0 Å². The molecule has 0 fully saturated rings. The number of nitrogens with zero attached hydrogens (tertiary/aromatic N) is 1. The summed E-state index contributed by atoms with van der Waals surface area (Å²) in [7, 11) is 1.38. The van der Waals surface area contributed by atoms with Crippen LogP contribution in [-0.2, 0) is 4.74 Å². The van der Waals surface area contributed by atoms with Gasteiger partial charge in [0.15, 0.2) is 0 Å². The lowest BCUT2D eigenvalue weighted by Crippen LogP contribution is -2.04. The predicted molar refractivity (Wildman–Crippen MR) is 107 cm³/mol. The largest absolute Gasteiger partial charge is 0.465 e. The molecule has 0 aliphatic carbocycles. The van der Waals surface area contributed by atoms with Crippen molar-refractivity contribution in [2.24, 2.45) is 0 Å². The molecule has 0 bridgehead atoms. The van der Waals surface area contributed by atoms with E-state index >= 15 is 0 Å². The molecule has 0 aliphatic heterocycles. The van der Waals surface area contributed by atoms with Crippen LogP contribution in [0.4, 0.5) is 0 Å². The molecule has 3 nitrogen and oxygen atoms in total. The zero-order valence-corrected chi connectivity index (χ0v) is 16.6. The maximum absolute atomic E-state index is 12.2. The van der Waals surface area contributed by atoms with Crippen molar-refractivity contribution in [2.45, 2.75) is 20.8 Å². The van der Waals surface area contributed by atoms with Gasteiger partial charge >= 0.3 is 5.97 Å². The Morgan fingerprint density at radius 3 is 2.27 bits per heavy atom. The summed E-state index contributed by atoms with van der Waals surface area (Å²) in [6.07, 6.45) is 0. The lowest BCUT2D eigenvalue weighted by molar-refractivity contribution is 0.0600. The number of ether oxygens (including phenoxy) is 1. The molecule has 0 saturated heterocycles. The molecular weight excluding hydrogens is 369 g/mol. The Balaban J connectivity index is 2.30. The van der Waals surface area contributed by atoms with Gasteiger partial charge in [-0.1, -0.05) is 35.3 Å². The van der Waals surface area contributed by atoms with E-state index in [0.29, 0.717) is 15.6 Å². The Labute approximate surface area is 163 Å². The van der Waals surface area contributed by atoms with Gasteiger partial charge in [-0.15, -0.1) is 0 Å². The van der Waals surface area contributed by atoms with Gasteiger partial charge < -0.3 is 9.30 Å². The summed E-state index contributed by atoms with van der Waals surface area (Å²) in [4.78, 5) is 12.2. The number of methoxy groups -OCH3 is 1. The van der Waals surface area contributed by atoms with Crippen molar-refractivity contribution < 1.29 is 9.53 Å². The van der Waals surface area contributed by atoms with Crippen LogP contribution in [0.2, 0.25) is 10.0 Å². The van der Waals surface area contributed by atoms with Crippen LogP contribution < -0.4 is 0 Å². The Bertz CT molecular complexity index is 1010. The SMILES string of the molecule is COC(=O)c1cc(-c2ccc(C)c(C)c2)n(-c2ccc(Cl)c(Cl)c2)c1C. The minimum absolute atomic E-state index is 0.369. The molecule has 0 amide bonds. The first-order chi connectivity index (χ1) is 12.3. The summed E-state index contributed by atoms with van der Waals surface area (Å²) >= 11 is 12.3. The van der Waals surface area contributed by atoms with E-state index in [4.69, 9.17) is 27.9 Å². The first-order valence-electron chi connectivity index (χ1n) is 8.17. The average molecular weight is 388 g/mol. The van der Waals surface area contributed by atoms with E-state index < -0.39 is 0 Å². The highest BCUT2D eigenvalue weighted by Gasteiger charge is 2.20. The number of halogens is 2. The molecule has 0 N–H and O–H groups in total. The number of hydrogen-bond acceptors (Lipinski definition) is 2. The lowest BCUT2D eigenvalue weighted by atomic mass is 10.0. The van der Waals surface area contributed by atoms with Crippen molar-refractivity contribution in [3.63, 3.8) is 0 Å². The Morgan fingerprint density at radius 2 is 1.65 bits per heavy atom. The number of rotatable bonds is 3. The number of benzene rings is 2. The third kappa shape index (κ3) is 3.25. The van der Waals surface area contributed by atoms with Crippen LogP contribution in [0.15, 0.2) is 42.5 Å². The number of carbonyl (C=O) groups is 1. The number of aromatic nitrogens is 1. The zero-order valence-electron chi connectivity index (χ0n) is 15.1. The topological polar surface area (TPSA) is 31.2 Å². The second kappa shape index (κ2) is 7.18. The minimum Gasteiger partial charge on any atom is -0.465 e. The van der Waals surface area contributed by atoms with E-state index in [0.717, 1.165) is 22.6 Å². The summed E-state index contributed by atoms with van der Waals surface area (Å²) in [6.45, 7) is 6.03. The summed E-state index contributed by atoms with van der Waals surface area (Å²) in [5, 5.41) is 0.948. The van der Waals surface area contributed by atoms with Crippen LogP contribution in [0.25, 0.3) is 16.9 Å². The molecule has 5 heteroatoms. The van der Waals surface area contributed by atoms with Crippen LogP contribution >= 0.6 is 23.2 Å². The Morgan fingerprint density at radius 1 is 0.923 bits per heavy atom. The fourth-order valence-electron chi connectivity index (χ4n) is 2.99. The maximum atomic E-state index is 12.2. The molecule has 0 radical (unpaired) electrons. The van der Waals surface area contributed by atoms with Crippen molar-refractivity contribution in [2.75, 3.05) is 7.11 Å². The normalized spacial score (nSPS) is 10.8. The Kier molecular flexibility index (Phi) is 5.12. The number of hydrogen-bond donors (Lipinski definition) is 0. The van der Waals surface area contributed by atoms with Gasteiger partial charge in [0, 0.05) is 11.4 Å². The average Bonchev–Trinajstić information content (AvgIpc) is 2.96. The maximum Gasteiger partial charge on any atom is 0.339 e. The lowest BCUT2D eigenvalue weighted by Gasteiger charge is -2.14. The molecule has 2 aromatic carbocycles. The van der Waals surface area contributed by atoms with E-state index in [2.05, 4.69) is 26.0 Å². The van der Waals surface area contributed by atoms with E-state index in [9.17, 15) is 4.79 Å². The predicted octanol–water partition coefficient (Wildman–Crippen LogP) is 6.16. The van der Waals surface area contributed by atoms with E-state index in [-0.39, 0.29) is 5.97 Å². The van der Waals surface area contributed by atoms with Gasteiger partial charge in [-0.2, -0.15) is 0 Å². The van der Waals surface area contributed by atoms with Gasteiger partial charge in [0.25, 0.3) is 0 Å². The Hall–Kier alpha value is -2.23. The standard InChI is InChI=1S/C21H19Cl2NO2/c1-12-5-6-15(9-13(12)2)20-11-17(21(25)26-4)14(3)24(20)16-7-8-18(22)19(23)10-16/h5-11H,1-4H3. The highest BCUT2D eigenvalue weighted by Crippen LogP contribution is 2.33. The molecule has 134 valence electrons. The molecule has 0 spiro atoms. The van der Waals surface area contributed by atoms with Crippen molar-refractivity contribution in [1.29, 1.82) is 0 Å². The molecule has 0 unspecified atom stereocenters. The number of carbonyl (C=O) groups excluding carboxylic acids is 1.